The fraction of sp³-hybridized carbons (Fsp3) is 0.250. The molecule has 5 rings (SSSR count). The summed E-state index contributed by atoms with van der Waals surface area (Å²) in [6.45, 7) is 2.04. The molecule has 4 aromatic rings. The number of rotatable bonds is 6. The Labute approximate surface area is 207 Å². The number of nitrogens with zero attached hydrogens (tertiary/aromatic N) is 2. The number of halogens is 1. The fourth-order valence-corrected chi connectivity index (χ4v) is 5.59. The summed E-state index contributed by atoms with van der Waals surface area (Å²) in [6.07, 6.45) is 4.25. The SMILES string of the molecule is Cc1ccccc1CSc1nc2cc(C(=O)NC3CCCC3)ccc2c(=O)n1-c1cccc(F)c1. The lowest BCUT2D eigenvalue weighted by Gasteiger charge is -2.15. The van der Waals surface area contributed by atoms with Gasteiger partial charge in [-0.2, -0.15) is 0 Å². The lowest BCUT2D eigenvalue weighted by molar-refractivity contribution is 0.0938. The van der Waals surface area contributed by atoms with Crippen molar-refractivity contribution in [1.29, 1.82) is 0 Å². The van der Waals surface area contributed by atoms with Gasteiger partial charge in [0.05, 0.1) is 16.6 Å². The van der Waals surface area contributed by atoms with Crippen molar-refractivity contribution >= 4 is 28.6 Å². The van der Waals surface area contributed by atoms with Gasteiger partial charge in [-0.25, -0.2) is 9.37 Å². The third kappa shape index (κ3) is 5.00. The molecule has 1 fully saturated rings. The zero-order valence-electron chi connectivity index (χ0n) is 19.5. The first-order chi connectivity index (χ1) is 17.0. The lowest BCUT2D eigenvalue weighted by Crippen LogP contribution is -2.32. The summed E-state index contributed by atoms with van der Waals surface area (Å²) < 4.78 is 15.5. The van der Waals surface area contributed by atoms with Crippen LogP contribution in [-0.2, 0) is 5.75 Å². The zero-order valence-corrected chi connectivity index (χ0v) is 20.3. The molecule has 178 valence electrons. The first-order valence-electron chi connectivity index (χ1n) is 11.8. The van der Waals surface area contributed by atoms with Crippen molar-refractivity contribution < 1.29 is 9.18 Å². The van der Waals surface area contributed by atoms with E-state index in [0.717, 1.165) is 36.8 Å². The van der Waals surface area contributed by atoms with Crippen molar-refractivity contribution in [2.45, 2.75) is 49.6 Å². The van der Waals surface area contributed by atoms with E-state index in [1.54, 1.807) is 30.3 Å². The third-order valence-corrected chi connectivity index (χ3v) is 7.46. The summed E-state index contributed by atoms with van der Waals surface area (Å²) >= 11 is 1.41. The Morgan fingerprint density at radius 1 is 1.09 bits per heavy atom. The first-order valence-corrected chi connectivity index (χ1v) is 12.8. The van der Waals surface area contributed by atoms with Gasteiger partial charge in [0.25, 0.3) is 11.5 Å². The highest BCUT2D eigenvalue weighted by atomic mass is 32.2. The van der Waals surface area contributed by atoms with Crippen LogP contribution in [0.4, 0.5) is 4.39 Å². The smallest absolute Gasteiger partial charge is 0.266 e. The molecule has 1 aliphatic carbocycles. The Bertz CT molecular complexity index is 1460. The average molecular weight is 488 g/mol. The van der Waals surface area contributed by atoms with E-state index in [4.69, 9.17) is 4.98 Å². The minimum Gasteiger partial charge on any atom is -0.349 e. The van der Waals surface area contributed by atoms with Crippen LogP contribution in [0.25, 0.3) is 16.6 Å². The van der Waals surface area contributed by atoms with Crippen molar-refractivity contribution in [3.8, 4) is 5.69 Å². The number of nitrogens with one attached hydrogen (secondary N) is 1. The van der Waals surface area contributed by atoms with Gasteiger partial charge in [0.15, 0.2) is 5.16 Å². The molecule has 1 saturated carbocycles. The summed E-state index contributed by atoms with van der Waals surface area (Å²) in [5.41, 5.74) is 3.33. The van der Waals surface area contributed by atoms with Crippen LogP contribution < -0.4 is 10.9 Å². The highest BCUT2D eigenvalue weighted by molar-refractivity contribution is 7.98. The van der Waals surface area contributed by atoms with E-state index in [2.05, 4.69) is 5.32 Å². The molecule has 0 saturated heterocycles. The molecule has 0 unspecified atom stereocenters. The van der Waals surface area contributed by atoms with Gasteiger partial charge < -0.3 is 5.32 Å². The minimum absolute atomic E-state index is 0.149. The van der Waals surface area contributed by atoms with Crippen molar-refractivity contribution in [2.24, 2.45) is 0 Å². The van der Waals surface area contributed by atoms with Crippen molar-refractivity contribution in [1.82, 2.24) is 14.9 Å². The molecular weight excluding hydrogens is 461 g/mol. The maximum atomic E-state index is 14.1. The van der Waals surface area contributed by atoms with Crippen molar-refractivity contribution in [3.05, 3.63) is 99.6 Å². The van der Waals surface area contributed by atoms with Gasteiger partial charge in [-0.15, -0.1) is 0 Å². The fourth-order valence-electron chi connectivity index (χ4n) is 4.50. The molecule has 0 atom stereocenters. The van der Waals surface area contributed by atoms with E-state index in [0.29, 0.717) is 33.1 Å². The number of fused-ring (bicyclic) bond motifs is 1. The third-order valence-electron chi connectivity index (χ3n) is 6.48. The number of thioether (sulfide) groups is 1. The number of amides is 1. The maximum absolute atomic E-state index is 14.1. The summed E-state index contributed by atoms with van der Waals surface area (Å²) in [6, 6.07) is 19.2. The summed E-state index contributed by atoms with van der Waals surface area (Å²) in [4.78, 5) is 31.2. The van der Waals surface area contributed by atoms with Crippen LogP contribution in [-0.4, -0.2) is 21.5 Å². The topological polar surface area (TPSA) is 64.0 Å². The van der Waals surface area contributed by atoms with Crippen LogP contribution in [0.2, 0.25) is 0 Å². The van der Waals surface area contributed by atoms with Gasteiger partial charge in [0.2, 0.25) is 0 Å². The minimum atomic E-state index is -0.428. The molecule has 1 aromatic heterocycles. The van der Waals surface area contributed by atoms with Crippen LogP contribution in [0, 0.1) is 12.7 Å². The molecule has 1 heterocycles. The monoisotopic (exact) mass is 487 g/mol. The van der Waals surface area contributed by atoms with Gasteiger partial charge in [0, 0.05) is 17.4 Å². The Hall–Kier alpha value is -3.45. The molecule has 0 spiro atoms. The van der Waals surface area contributed by atoms with Crippen LogP contribution in [0.3, 0.4) is 0 Å². The van der Waals surface area contributed by atoms with Gasteiger partial charge in [-0.1, -0.05) is 54.9 Å². The van der Waals surface area contributed by atoms with E-state index in [9.17, 15) is 14.0 Å². The summed E-state index contributed by atoms with van der Waals surface area (Å²) in [5.74, 6) is 0.0224. The molecule has 7 heteroatoms. The Morgan fingerprint density at radius 2 is 1.89 bits per heavy atom. The highest BCUT2D eigenvalue weighted by Crippen LogP contribution is 2.27. The van der Waals surface area contributed by atoms with Crippen LogP contribution in [0.15, 0.2) is 76.7 Å². The molecule has 1 aliphatic rings. The Morgan fingerprint density at radius 3 is 2.66 bits per heavy atom. The lowest BCUT2D eigenvalue weighted by atomic mass is 10.1. The zero-order chi connectivity index (χ0) is 24.4. The predicted octanol–water partition coefficient (Wildman–Crippen LogP) is 5.80. The molecule has 1 amide bonds. The number of aromatic nitrogens is 2. The van der Waals surface area contributed by atoms with Gasteiger partial charge in [0.1, 0.15) is 5.82 Å². The largest absolute Gasteiger partial charge is 0.349 e. The predicted molar refractivity (Wildman–Crippen MR) is 138 cm³/mol. The normalized spacial score (nSPS) is 13.9. The second-order valence-corrected chi connectivity index (χ2v) is 9.86. The Kier molecular flexibility index (Phi) is 6.68. The number of carbonyl (C=O) groups is 1. The van der Waals surface area contributed by atoms with Crippen LogP contribution in [0.5, 0.6) is 0 Å². The van der Waals surface area contributed by atoms with E-state index in [1.165, 1.54) is 28.5 Å². The Balaban J connectivity index is 1.57. The number of aryl methyl sites for hydroxylation is 1. The van der Waals surface area contributed by atoms with Crippen molar-refractivity contribution in [2.75, 3.05) is 0 Å². The van der Waals surface area contributed by atoms with E-state index in [1.807, 2.05) is 31.2 Å². The van der Waals surface area contributed by atoms with E-state index < -0.39 is 5.82 Å². The van der Waals surface area contributed by atoms with Crippen molar-refractivity contribution in [3.63, 3.8) is 0 Å². The van der Waals surface area contributed by atoms with E-state index >= 15 is 0 Å². The average Bonchev–Trinajstić information content (AvgIpc) is 3.36. The standard InChI is InChI=1S/C28H26FN3O2S/c1-18-7-2-3-8-20(18)17-35-28-31-25-15-19(26(33)30-22-10-4-5-11-22)13-14-24(25)27(34)32(28)23-12-6-9-21(29)16-23/h2-3,6-9,12-16,22H,4-5,10-11,17H2,1H3,(H,30,33). The van der Waals surface area contributed by atoms with E-state index in [-0.39, 0.29) is 17.5 Å². The van der Waals surface area contributed by atoms with Crippen LogP contribution >= 0.6 is 11.8 Å². The first kappa shape index (κ1) is 23.3. The van der Waals surface area contributed by atoms with Gasteiger partial charge >= 0.3 is 0 Å². The second kappa shape index (κ2) is 10.0. The van der Waals surface area contributed by atoms with Gasteiger partial charge in [-0.3, -0.25) is 14.2 Å². The summed E-state index contributed by atoms with van der Waals surface area (Å²) in [5, 5.41) is 3.92. The highest BCUT2D eigenvalue weighted by Gasteiger charge is 2.20. The quantitative estimate of drug-likeness (QED) is 0.276. The summed E-state index contributed by atoms with van der Waals surface area (Å²) in [7, 11) is 0. The molecule has 3 aromatic carbocycles. The molecular formula is C28H26FN3O2S. The molecule has 0 aliphatic heterocycles. The molecule has 0 radical (unpaired) electrons. The molecule has 5 nitrogen and oxygen atoms in total. The van der Waals surface area contributed by atoms with Crippen LogP contribution in [0.1, 0.15) is 47.2 Å². The van der Waals surface area contributed by atoms with Gasteiger partial charge in [-0.05, 0) is 67.3 Å². The number of benzene rings is 3. The number of hydrogen-bond acceptors (Lipinski definition) is 4. The maximum Gasteiger partial charge on any atom is 0.266 e. The molecule has 35 heavy (non-hydrogen) atoms. The number of hydrogen-bond donors (Lipinski definition) is 1. The second-order valence-electron chi connectivity index (χ2n) is 8.92. The number of carbonyl (C=O) groups excluding carboxylic acids is 1. The molecule has 0 bridgehead atoms. The molecule has 1 N–H and O–H groups in total.